The highest BCUT2D eigenvalue weighted by Gasteiger charge is 2.57. The molecule has 0 N–H and O–H groups in total. The van der Waals surface area contributed by atoms with E-state index in [9.17, 15) is 9.59 Å². The third-order valence-corrected chi connectivity index (χ3v) is 12.9. The highest BCUT2D eigenvalue weighted by atomic mass is 32.2. The Kier molecular flexibility index (Phi) is 7.01. The van der Waals surface area contributed by atoms with Crippen LogP contribution in [0.4, 0.5) is 0 Å². The van der Waals surface area contributed by atoms with Gasteiger partial charge in [0.25, 0.3) is 0 Å². The highest BCUT2D eigenvalue weighted by molar-refractivity contribution is 7.99. The van der Waals surface area contributed by atoms with Gasteiger partial charge in [0.05, 0.1) is 23.3 Å². The largest absolute Gasteiger partial charge is 0.413 e. The number of rotatable bonds is 6. The van der Waals surface area contributed by atoms with E-state index in [1.807, 2.05) is 23.7 Å². The van der Waals surface area contributed by atoms with Crippen LogP contribution in [0.25, 0.3) is 0 Å². The Balaban J connectivity index is 2.21. The first-order chi connectivity index (χ1) is 12.0. The van der Waals surface area contributed by atoms with Gasteiger partial charge < -0.3 is 4.43 Å². The summed E-state index contributed by atoms with van der Waals surface area (Å²) in [6.45, 7) is 13.1. The fourth-order valence-corrected chi connectivity index (χ4v) is 7.00. The van der Waals surface area contributed by atoms with Crippen LogP contribution in [0.3, 0.4) is 0 Å². The van der Waals surface area contributed by atoms with Gasteiger partial charge in [0, 0.05) is 12.2 Å². The van der Waals surface area contributed by atoms with Crippen molar-refractivity contribution < 1.29 is 14.0 Å². The van der Waals surface area contributed by atoms with Gasteiger partial charge in [0.1, 0.15) is 0 Å². The lowest BCUT2D eigenvalue weighted by molar-refractivity contribution is -0.157. The van der Waals surface area contributed by atoms with E-state index in [-0.39, 0.29) is 40.2 Å². The van der Waals surface area contributed by atoms with Crippen molar-refractivity contribution in [1.82, 2.24) is 4.31 Å². The molecule has 1 amide bonds. The van der Waals surface area contributed by atoms with Crippen LogP contribution in [-0.4, -0.2) is 54.2 Å². The van der Waals surface area contributed by atoms with Gasteiger partial charge in [-0.25, -0.2) is 0 Å². The molecular formula is C19H35NO3S2Si. The molecule has 5 atom stereocenters. The first-order valence-corrected chi connectivity index (χ1v) is 15.0. The second-order valence-electron chi connectivity index (χ2n) is 9.11. The third kappa shape index (κ3) is 4.05. The summed E-state index contributed by atoms with van der Waals surface area (Å²) in [6.07, 6.45) is 6.74. The Morgan fingerprint density at radius 1 is 1.19 bits per heavy atom. The van der Waals surface area contributed by atoms with Gasteiger partial charge in [-0.1, -0.05) is 39.1 Å². The molecule has 0 aromatic rings. The maximum Gasteiger partial charge on any atom is 0.240 e. The molecule has 26 heavy (non-hydrogen) atoms. The van der Waals surface area contributed by atoms with Crippen molar-refractivity contribution in [1.29, 1.82) is 0 Å². The van der Waals surface area contributed by atoms with Crippen LogP contribution < -0.4 is 0 Å². The second-order valence-corrected chi connectivity index (χ2v) is 15.7. The smallest absolute Gasteiger partial charge is 0.240 e. The number of hydrogen-bond donors (Lipinski definition) is 0. The quantitative estimate of drug-likeness (QED) is 0.359. The molecule has 2 aliphatic rings. The molecular weight excluding hydrogens is 382 g/mol. The average Bonchev–Trinajstić information content (AvgIpc) is 2.52. The van der Waals surface area contributed by atoms with Crippen LogP contribution in [-0.2, 0) is 14.0 Å². The van der Waals surface area contributed by atoms with Gasteiger partial charge in [-0.15, -0.1) is 0 Å². The summed E-state index contributed by atoms with van der Waals surface area (Å²) in [5.74, 6) is 0.241. The zero-order chi connectivity index (χ0) is 19.9. The predicted molar refractivity (Wildman–Crippen MR) is 115 cm³/mol. The molecule has 0 aromatic heterocycles. The van der Waals surface area contributed by atoms with Crippen LogP contribution >= 0.6 is 23.7 Å². The van der Waals surface area contributed by atoms with Crippen molar-refractivity contribution in [2.75, 3.05) is 12.5 Å². The lowest BCUT2D eigenvalue weighted by Crippen LogP contribution is -2.67. The number of Topliss-reactive ketones (excluding diaryl/α,β-unsaturated/α-hetero) is 1. The van der Waals surface area contributed by atoms with E-state index in [0.717, 1.165) is 19.3 Å². The van der Waals surface area contributed by atoms with Crippen LogP contribution in [0.15, 0.2) is 0 Å². The van der Waals surface area contributed by atoms with Gasteiger partial charge in [-0.05, 0) is 44.2 Å². The summed E-state index contributed by atoms with van der Waals surface area (Å²) in [4.78, 5) is 25.8. The number of nitrogens with zero attached hydrogens (tertiary/aromatic N) is 1. The molecule has 1 heterocycles. The molecule has 2 rings (SSSR count). The van der Waals surface area contributed by atoms with E-state index in [1.165, 1.54) is 11.9 Å². The second kappa shape index (κ2) is 8.17. The molecule has 0 unspecified atom stereocenters. The molecule has 0 spiro atoms. The standard InChI is InChI=1S/C19H35NO3S2Si/c1-12(23-26(7,8)19(2,3)4)15-16(20(25-6)18(15)22)13-10-9-11-14(24-5)17(13)21/h12-16H,9-11H2,1-8H3/t12-,13+,14+,15-,16-/m1/s1. The van der Waals surface area contributed by atoms with Gasteiger partial charge in [-0.2, -0.15) is 11.8 Å². The van der Waals surface area contributed by atoms with Crippen molar-refractivity contribution in [3.8, 4) is 0 Å². The lowest BCUT2D eigenvalue weighted by Gasteiger charge is -2.53. The Hall–Kier alpha value is 0.0169. The number of ketones is 1. The fourth-order valence-electron chi connectivity index (χ4n) is 3.94. The normalized spacial score (nSPS) is 31.8. The predicted octanol–water partition coefficient (Wildman–Crippen LogP) is 4.60. The van der Waals surface area contributed by atoms with Crippen molar-refractivity contribution in [3.05, 3.63) is 0 Å². The summed E-state index contributed by atoms with van der Waals surface area (Å²) in [5.41, 5.74) is 0. The van der Waals surface area contributed by atoms with Gasteiger partial charge in [0.2, 0.25) is 5.91 Å². The van der Waals surface area contributed by atoms with E-state index in [1.54, 1.807) is 11.8 Å². The number of amides is 1. The lowest BCUT2D eigenvalue weighted by atomic mass is 9.71. The third-order valence-electron chi connectivity index (χ3n) is 6.49. The minimum atomic E-state index is -1.96. The molecule has 1 aliphatic carbocycles. The number of carbonyl (C=O) groups excluding carboxylic acids is 2. The van der Waals surface area contributed by atoms with Crippen molar-refractivity contribution in [2.45, 2.75) is 82.5 Å². The van der Waals surface area contributed by atoms with Gasteiger partial charge in [-0.3, -0.25) is 13.9 Å². The van der Waals surface area contributed by atoms with E-state index >= 15 is 0 Å². The van der Waals surface area contributed by atoms with Crippen LogP contribution in [0.2, 0.25) is 18.1 Å². The van der Waals surface area contributed by atoms with Crippen molar-refractivity contribution in [3.63, 3.8) is 0 Å². The molecule has 0 bridgehead atoms. The van der Waals surface area contributed by atoms with Crippen LogP contribution in [0.1, 0.15) is 47.0 Å². The molecule has 7 heteroatoms. The minimum absolute atomic E-state index is 0.0141. The summed E-state index contributed by atoms with van der Waals surface area (Å²) < 4.78 is 8.38. The van der Waals surface area contributed by atoms with Crippen molar-refractivity contribution in [2.24, 2.45) is 11.8 Å². The monoisotopic (exact) mass is 417 g/mol. The Labute approximate surface area is 168 Å². The van der Waals surface area contributed by atoms with E-state index in [2.05, 4.69) is 33.9 Å². The summed E-state index contributed by atoms with van der Waals surface area (Å²) in [5, 5.41) is 0.193. The number of thioether (sulfide) groups is 1. The van der Waals surface area contributed by atoms with E-state index in [4.69, 9.17) is 4.43 Å². The van der Waals surface area contributed by atoms with Gasteiger partial charge >= 0.3 is 0 Å². The molecule has 4 nitrogen and oxygen atoms in total. The molecule has 1 saturated carbocycles. The zero-order valence-electron chi connectivity index (χ0n) is 17.5. The average molecular weight is 418 g/mol. The van der Waals surface area contributed by atoms with Crippen LogP contribution in [0, 0.1) is 11.8 Å². The number of β-lactam (4-membered cyclic amide) rings is 1. The molecule has 150 valence electrons. The molecule has 0 aromatic carbocycles. The first-order valence-electron chi connectivity index (χ1n) is 9.57. The summed E-state index contributed by atoms with van der Waals surface area (Å²) >= 11 is 3.12. The highest BCUT2D eigenvalue weighted by Crippen LogP contribution is 2.46. The Morgan fingerprint density at radius 2 is 1.81 bits per heavy atom. The van der Waals surface area contributed by atoms with E-state index < -0.39 is 8.32 Å². The Bertz CT molecular complexity index is 549. The SMILES string of the molecule is CS[C@H]1CCC[C@@H]([C@@H]2[C@@H]([C@@H](C)O[Si](C)(C)C(C)(C)C)C(=O)N2SC)C1=O. The van der Waals surface area contributed by atoms with E-state index in [0.29, 0.717) is 5.78 Å². The fraction of sp³-hybridized carbons (Fsp3) is 0.895. The molecule has 1 saturated heterocycles. The maximum absolute atomic E-state index is 13.0. The topological polar surface area (TPSA) is 46.6 Å². The Morgan fingerprint density at radius 3 is 2.31 bits per heavy atom. The van der Waals surface area contributed by atoms with Gasteiger partial charge in [0.15, 0.2) is 14.1 Å². The summed E-state index contributed by atoms with van der Waals surface area (Å²) in [7, 11) is -1.96. The number of hydrogen-bond acceptors (Lipinski definition) is 5. The minimum Gasteiger partial charge on any atom is -0.413 e. The maximum atomic E-state index is 13.0. The molecule has 2 fully saturated rings. The zero-order valence-corrected chi connectivity index (χ0v) is 20.1. The van der Waals surface area contributed by atoms with Crippen molar-refractivity contribution >= 4 is 43.7 Å². The number of carbonyl (C=O) groups is 2. The molecule has 1 aliphatic heterocycles. The first kappa shape index (κ1) is 22.3. The van der Waals surface area contributed by atoms with Crippen LogP contribution in [0.5, 0.6) is 0 Å². The summed E-state index contributed by atoms with van der Waals surface area (Å²) in [6, 6.07) is -0.0141. The molecule has 0 radical (unpaired) electrons.